The molecule has 0 aromatic carbocycles. The minimum absolute atomic E-state index is 0.0504. The molecule has 0 aromatic heterocycles. The number of rotatable bonds is 38. The molecule has 0 rings (SSSR count). The summed E-state index contributed by atoms with van der Waals surface area (Å²) in [7, 11) is 0. The van der Waals surface area contributed by atoms with Gasteiger partial charge in [-0.05, 0) is 51.5 Å². The topological polar surface area (TPSA) is 349 Å². The molecule has 0 aliphatic rings. The van der Waals surface area contributed by atoms with Gasteiger partial charge < -0.3 is 69.3 Å². The van der Waals surface area contributed by atoms with Crippen molar-refractivity contribution in [3.05, 3.63) is 0 Å². The van der Waals surface area contributed by atoms with Crippen LogP contribution in [0.25, 0.3) is 0 Å². The molecule has 5 amide bonds. The van der Waals surface area contributed by atoms with E-state index in [1.165, 1.54) is 43.9 Å². The normalized spacial score (nSPS) is 10.4. The molecule has 0 fully saturated rings. The van der Waals surface area contributed by atoms with E-state index in [0.29, 0.717) is 70.8 Å². The second-order valence-electron chi connectivity index (χ2n) is 12.9. The summed E-state index contributed by atoms with van der Waals surface area (Å²) in [6.07, 6.45) is 16.2. The lowest BCUT2D eigenvalue weighted by Gasteiger charge is -2.12. The Morgan fingerprint density at radius 3 is 1.87 bits per heavy atom. The monoisotopic (exact) mass is 881 g/mol. The van der Waals surface area contributed by atoms with Gasteiger partial charge in [-0.1, -0.05) is 58.8 Å². The third-order valence-electron chi connectivity index (χ3n) is 7.50. The van der Waals surface area contributed by atoms with Gasteiger partial charge in [0, 0.05) is 44.8 Å². The smallest absolute Gasteiger partial charge is 0.303 e. The van der Waals surface area contributed by atoms with Crippen molar-refractivity contribution in [2.45, 2.75) is 123 Å². The largest absolute Gasteiger partial charge is 0.481 e. The van der Waals surface area contributed by atoms with Crippen molar-refractivity contribution in [3.8, 4) is 0 Å². The van der Waals surface area contributed by atoms with E-state index in [4.69, 9.17) is 43.2 Å². The number of hydrogen-bond acceptors (Lipinski definition) is 13. The predicted octanol–water partition coefficient (Wildman–Crippen LogP) is 0.416. The Hall–Kier alpha value is -4.05. The summed E-state index contributed by atoms with van der Waals surface area (Å²) < 4.78 is 9.93. The van der Waals surface area contributed by atoms with Gasteiger partial charge in [0.15, 0.2) is 5.96 Å². The van der Waals surface area contributed by atoms with Crippen molar-refractivity contribution in [1.82, 2.24) is 21.3 Å². The fourth-order valence-electron chi connectivity index (χ4n) is 4.59. The van der Waals surface area contributed by atoms with E-state index in [1.807, 2.05) is 13.8 Å². The predicted molar refractivity (Wildman–Crippen MR) is 238 cm³/mol. The highest BCUT2D eigenvalue weighted by atomic mass is 32.2. The van der Waals surface area contributed by atoms with Gasteiger partial charge in [-0.25, -0.2) is 0 Å². The number of guanidine groups is 1. The maximum atomic E-state index is 11.5. The van der Waals surface area contributed by atoms with E-state index in [1.54, 1.807) is 0 Å². The number of unbranched alkanes of at least 4 members (excludes halogenated alkanes) is 10. The number of ether oxygens (including phenoxy) is 2. The fourth-order valence-corrected chi connectivity index (χ4v) is 5.17. The molecule has 0 radical (unpaired) electrons. The van der Waals surface area contributed by atoms with E-state index >= 15 is 0 Å². The lowest BCUT2D eigenvalue weighted by atomic mass is 10.1. The van der Waals surface area contributed by atoms with Crippen molar-refractivity contribution in [2.75, 3.05) is 77.2 Å². The summed E-state index contributed by atoms with van der Waals surface area (Å²) in [5.74, 6) is -0.364. The maximum Gasteiger partial charge on any atom is 0.303 e. The molecule has 352 valence electrons. The summed E-state index contributed by atoms with van der Waals surface area (Å²) in [6.45, 7) is 7.60. The van der Waals surface area contributed by atoms with Crippen molar-refractivity contribution < 1.29 is 48.1 Å². The van der Waals surface area contributed by atoms with Crippen LogP contribution in [-0.4, -0.2) is 137 Å². The molecule has 0 aliphatic heterocycles. The molecule has 0 saturated heterocycles. The Morgan fingerprint density at radius 1 is 0.700 bits per heavy atom. The number of carboxylic acid groups (broad SMARTS) is 1. The number of nitrogens with zero attached hydrogens (tertiary/aromatic N) is 1. The average molecular weight is 881 g/mol. The standard InChI is InChI=1S/C17H34N2O3.C11H23N5O2S.C9H17N3O5.C2H6/c18-14-10-9-12-16(20)19-15-11-7-5-3-1-2-4-6-8-13-17(21)22;12-4-6-19-8-10(18)16-9(7-17)3-1-2-5-15-11(13)14;10-8(14)6-17-4-3-16-2-1-12-9(15)5-11-7-13;1-2/h1-15,18H2,(H,19,20)(H,21,22);7,9H,1-6,8,12H2,(H,16,18)(H4,13,14,15);7H,1-6H2,(H2,10,14)(H,11,13)(H,12,15);1-2H3. The molecular weight excluding hydrogens is 801 g/mol. The molecular formula is C39H80N10O10S. The highest BCUT2D eigenvalue weighted by Crippen LogP contribution is 2.10. The molecule has 1 unspecified atom stereocenters. The molecule has 0 aliphatic carbocycles. The third kappa shape index (κ3) is 60.6. The first-order valence-corrected chi connectivity index (χ1v) is 22.2. The number of aldehydes is 1. The number of aliphatic imine (C=N–C) groups is 1. The highest BCUT2D eigenvalue weighted by Gasteiger charge is 2.10. The van der Waals surface area contributed by atoms with Crippen molar-refractivity contribution >= 4 is 60.0 Å². The van der Waals surface area contributed by atoms with Crippen LogP contribution in [0.3, 0.4) is 0 Å². The minimum Gasteiger partial charge on any atom is -0.481 e. The van der Waals surface area contributed by atoms with Gasteiger partial charge in [0.05, 0.1) is 38.2 Å². The summed E-state index contributed by atoms with van der Waals surface area (Å²) >= 11 is 1.45. The molecule has 15 N–H and O–H groups in total. The van der Waals surface area contributed by atoms with Crippen molar-refractivity contribution in [2.24, 2.45) is 33.7 Å². The van der Waals surface area contributed by atoms with Crippen LogP contribution in [0.5, 0.6) is 0 Å². The Bertz CT molecular complexity index is 1090. The van der Waals surface area contributed by atoms with E-state index in [0.717, 1.165) is 70.0 Å². The van der Waals surface area contributed by atoms with E-state index in [-0.39, 0.29) is 43.4 Å². The number of nitrogens with one attached hydrogen (secondary N) is 4. The van der Waals surface area contributed by atoms with Crippen LogP contribution < -0.4 is 49.9 Å². The van der Waals surface area contributed by atoms with Gasteiger partial charge in [-0.3, -0.25) is 33.8 Å². The number of carboxylic acids is 1. The van der Waals surface area contributed by atoms with Crippen molar-refractivity contribution in [3.63, 3.8) is 0 Å². The SMILES string of the molecule is CC.NC(=O)COCCOCCNC(=O)CNC=O.NCCCCC(=O)NCCCCCCCCCCCC(=O)O.NCCSCC(=O)NC(C=O)CCCCN=C(N)N. The number of amides is 5. The minimum atomic E-state index is -0.688. The van der Waals surface area contributed by atoms with Crippen LogP contribution in [0.15, 0.2) is 4.99 Å². The fraction of sp³-hybridized carbons (Fsp3) is 0.795. The van der Waals surface area contributed by atoms with Gasteiger partial charge in [0.2, 0.25) is 30.0 Å². The number of carbonyl (C=O) groups is 7. The van der Waals surface area contributed by atoms with Crippen LogP contribution in [0.2, 0.25) is 0 Å². The van der Waals surface area contributed by atoms with Gasteiger partial charge in [0.1, 0.15) is 12.9 Å². The second-order valence-corrected chi connectivity index (χ2v) is 14.0. The quantitative estimate of drug-likeness (QED) is 0.0174. The number of aliphatic carboxylic acids is 1. The number of hydrogen-bond donors (Lipinski definition) is 10. The Morgan fingerprint density at radius 2 is 1.30 bits per heavy atom. The van der Waals surface area contributed by atoms with E-state index in [9.17, 15) is 33.6 Å². The van der Waals surface area contributed by atoms with Gasteiger partial charge >= 0.3 is 5.97 Å². The number of primary amides is 1. The lowest BCUT2D eigenvalue weighted by molar-refractivity contribution is -0.137. The first-order chi connectivity index (χ1) is 28.9. The van der Waals surface area contributed by atoms with Crippen LogP contribution in [0.4, 0.5) is 0 Å². The summed E-state index contributed by atoms with van der Waals surface area (Å²) in [6, 6.07) is -0.440. The maximum absolute atomic E-state index is 11.5. The Balaban J connectivity index is -0.000000387. The number of thioether (sulfide) groups is 1. The molecule has 21 heteroatoms. The zero-order chi connectivity index (χ0) is 45.9. The zero-order valence-corrected chi connectivity index (χ0v) is 37.2. The molecule has 0 aromatic rings. The van der Waals surface area contributed by atoms with Gasteiger partial charge in [-0.15, -0.1) is 0 Å². The average Bonchev–Trinajstić information content (AvgIpc) is 3.22. The second kappa shape index (κ2) is 53.0. The Labute approximate surface area is 362 Å². The Kier molecular flexibility index (Phi) is 55.3. The van der Waals surface area contributed by atoms with Crippen LogP contribution in [-0.2, 0) is 43.0 Å². The van der Waals surface area contributed by atoms with Crippen LogP contribution >= 0.6 is 11.8 Å². The number of nitrogens with two attached hydrogens (primary N) is 5. The molecule has 0 spiro atoms. The molecule has 20 nitrogen and oxygen atoms in total. The molecule has 0 bridgehead atoms. The number of carbonyl (C=O) groups excluding carboxylic acids is 6. The molecule has 0 heterocycles. The van der Waals surface area contributed by atoms with Gasteiger partial charge in [-0.2, -0.15) is 11.8 Å². The first kappa shape index (κ1) is 62.6. The molecule has 60 heavy (non-hydrogen) atoms. The summed E-state index contributed by atoms with van der Waals surface area (Å²) in [4.78, 5) is 79.0. The lowest BCUT2D eigenvalue weighted by Crippen LogP contribution is -2.37. The summed E-state index contributed by atoms with van der Waals surface area (Å²) in [5, 5.41) is 18.9. The van der Waals surface area contributed by atoms with E-state index in [2.05, 4.69) is 26.3 Å². The van der Waals surface area contributed by atoms with Crippen LogP contribution in [0.1, 0.15) is 117 Å². The highest BCUT2D eigenvalue weighted by molar-refractivity contribution is 7.99. The first-order valence-electron chi connectivity index (χ1n) is 21.1. The zero-order valence-electron chi connectivity index (χ0n) is 36.4. The molecule has 0 saturated carbocycles. The van der Waals surface area contributed by atoms with E-state index < -0.39 is 17.9 Å². The van der Waals surface area contributed by atoms with Crippen molar-refractivity contribution in [1.29, 1.82) is 0 Å². The van der Waals surface area contributed by atoms with Crippen LogP contribution in [0, 0.1) is 0 Å². The molecule has 1 atom stereocenters. The van der Waals surface area contributed by atoms with Gasteiger partial charge in [0.25, 0.3) is 0 Å². The summed E-state index contributed by atoms with van der Waals surface area (Å²) in [5.41, 5.74) is 25.9. The third-order valence-corrected chi connectivity index (χ3v) is 8.49.